The number of hydrogen-bond acceptors (Lipinski definition) is 5. The topological polar surface area (TPSA) is 75.6 Å². The minimum Gasteiger partial charge on any atom is -0.480 e. The zero-order valence-electron chi connectivity index (χ0n) is 11.1. The number of ether oxygens (including phenoxy) is 1. The van der Waals surface area contributed by atoms with E-state index in [9.17, 15) is 9.59 Å². The van der Waals surface area contributed by atoms with Crippen LogP contribution in [0.25, 0.3) is 0 Å². The molecule has 106 valence electrons. The van der Waals surface area contributed by atoms with E-state index >= 15 is 0 Å². The van der Waals surface area contributed by atoms with E-state index < -0.39 is 12.0 Å². The number of hydrogen-bond donors (Lipinski definition) is 2. The summed E-state index contributed by atoms with van der Waals surface area (Å²) in [4.78, 5) is 22.9. The lowest BCUT2D eigenvalue weighted by atomic mass is 10.2. The Balaban J connectivity index is 2.43. The van der Waals surface area contributed by atoms with Gasteiger partial charge in [0, 0.05) is 6.54 Å². The van der Waals surface area contributed by atoms with E-state index in [1.165, 1.54) is 11.3 Å². The van der Waals surface area contributed by atoms with Crippen LogP contribution in [0.4, 0.5) is 0 Å². The highest BCUT2D eigenvalue weighted by molar-refractivity contribution is 7.12. The molecule has 0 bridgehead atoms. The molecule has 0 unspecified atom stereocenters. The predicted molar refractivity (Wildman–Crippen MR) is 73.4 cm³/mol. The van der Waals surface area contributed by atoms with E-state index in [1.807, 2.05) is 12.3 Å². The summed E-state index contributed by atoms with van der Waals surface area (Å²) in [6.07, 6.45) is 1.85. The van der Waals surface area contributed by atoms with Crippen LogP contribution in [-0.4, -0.2) is 29.7 Å². The molecule has 1 aromatic rings. The number of carbonyl (C=O) groups is 2. The molecule has 0 aliphatic carbocycles. The zero-order valence-corrected chi connectivity index (χ0v) is 12.0. The molecule has 1 atom stereocenters. The van der Waals surface area contributed by atoms with Crippen LogP contribution in [0.15, 0.2) is 11.4 Å². The minimum atomic E-state index is -0.894. The van der Waals surface area contributed by atoms with Gasteiger partial charge in [-0.1, -0.05) is 13.3 Å². The fourth-order valence-corrected chi connectivity index (χ4v) is 2.12. The van der Waals surface area contributed by atoms with E-state index in [0.29, 0.717) is 18.0 Å². The van der Waals surface area contributed by atoms with Gasteiger partial charge in [-0.3, -0.25) is 4.79 Å². The molecule has 6 heteroatoms. The minimum absolute atomic E-state index is 0.309. The van der Waals surface area contributed by atoms with Crippen molar-refractivity contribution in [1.82, 2.24) is 5.32 Å². The summed E-state index contributed by atoms with van der Waals surface area (Å²) in [5, 5.41) is 13.4. The molecule has 0 fully saturated rings. The summed E-state index contributed by atoms with van der Waals surface area (Å²) < 4.78 is 5.10. The molecule has 0 saturated heterocycles. The second kappa shape index (κ2) is 7.91. The average molecular weight is 285 g/mol. The fourth-order valence-electron chi connectivity index (χ4n) is 1.31. The van der Waals surface area contributed by atoms with Crippen LogP contribution in [0.1, 0.15) is 41.9 Å². The molecule has 0 amide bonds. The van der Waals surface area contributed by atoms with Crippen molar-refractivity contribution in [1.29, 1.82) is 0 Å². The molecule has 0 aliphatic rings. The summed E-state index contributed by atoms with van der Waals surface area (Å²) in [7, 11) is 0. The lowest BCUT2D eigenvalue weighted by Gasteiger charge is -2.07. The summed E-state index contributed by atoms with van der Waals surface area (Å²) in [6.45, 7) is 4.48. The van der Waals surface area contributed by atoms with Crippen molar-refractivity contribution in [2.45, 2.75) is 39.3 Å². The maximum absolute atomic E-state index is 11.7. The van der Waals surface area contributed by atoms with E-state index in [4.69, 9.17) is 9.84 Å². The largest absolute Gasteiger partial charge is 0.480 e. The van der Waals surface area contributed by atoms with Crippen LogP contribution in [0.3, 0.4) is 0 Å². The van der Waals surface area contributed by atoms with Crippen molar-refractivity contribution >= 4 is 23.3 Å². The highest BCUT2D eigenvalue weighted by Crippen LogP contribution is 2.16. The van der Waals surface area contributed by atoms with Gasteiger partial charge >= 0.3 is 11.9 Å². The molecule has 1 rings (SSSR count). The highest BCUT2D eigenvalue weighted by Gasteiger charge is 2.13. The van der Waals surface area contributed by atoms with Crippen molar-refractivity contribution in [3.05, 3.63) is 21.9 Å². The Morgan fingerprint density at radius 2 is 2.26 bits per heavy atom. The highest BCUT2D eigenvalue weighted by atomic mass is 32.1. The molecular weight excluding hydrogens is 266 g/mol. The molecule has 0 aliphatic heterocycles. The van der Waals surface area contributed by atoms with E-state index in [1.54, 1.807) is 13.0 Å². The van der Waals surface area contributed by atoms with E-state index in [-0.39, 0.29) is 5.97 Å². The number of esters is 1. The van der Waals surface area contributed by atoms with Gasteiger partial charge in [-0.25, -0.2) is 4.79 Å². The predicted octanol–water partition coefficient (Wildman–Crippen LogP) is 2.27. The standard InChI is InChI=1S/C13H19NO4S/c1-3-4-5-18-13(17)11-6-10(8-19-11)7-14-9(2)12(15)16/h6,8-9,14H,3-5,7H2,1-2H3,(H,15,16)/t9-/m1/s1. The van der Waals surface area contributed by atoms with Crippen molar-refractivity contribution < 1.29 is 19.4 Å². The molecule has 2 N–H and O–H groups in total. The number of thiophene rings is 1. The second-order valence-corrected chi connectivity index (χ2v) is 5.16. The number of carboxylic acids is 1. The first-order chi connectivity index (χ1) is 9.04. The third-order valence-electron chi connectivity index (χ3n) is 2.57. The number of rotatable bonds is 8. The van der Waals surface area contributed by atoms with Crippen LogP contribution in [0.2, 0.25) is 0 Å². The molecule has 19 heavy (non-hydrogen) atoms. The lowest BCUT2D eigenvalue weighted by Crippen LogP contribution is -2.32. The van der Waals surface area contributed by atoms with Crippen LogP contribution >= 0.6 is 11.3 Å². The van der Waals surface area contributed by atoms with Gasteiger partial charge in [0.15, 0.2) is 0 Å². The summed E-state index contributed by atoms with van der Waals surface area (Å²) >= 11 is 1.31. The zero-order chi connectivity index (χ0) is 14.3. The van der Waals surface area contributed by atoms with Crippen molar-refractivity contribution in [2.24, 2.45) is 0 Å². The van der Waals surface area contributed by atoms with Crippen LogP contribution in [0, 0.1) is 0 Å². The number of carboxylic acid groups (broad SMARTS) is 1. The van der Waals surface area contributed by atoms with E-state index in [0.717, 1.165) is 18.4 Å². The maximum atomic E-state index is 11.7. The van der Waals surface area contributed by atoms with Crippen molar-refractivity contribution in [3.63, 3.8) is 0 Å². The van der Waals surface area contributed by atoms with Crippen LogP contribution < -0.4 is 5.32 Å². The SMILES string of the molecule is CCCCOC(=O)c1cc(CN[C@H](C)C(=O)O)cs1. The van der Waals surface area contributed by atoms with Gasteiger partial charge < -0.3 is 15.2 Å². The Hall–Kier alpha value is -1.40. The Labute approximate surface area is 116 Å². The number of carbonyl (C=O) groups excluding carboxylic acids is 1. The molecule has 1 aromatic heterocycles. The van der Waals surface area contributed by atoms with Gasteiger partial charge in [-0.05, 0) is 30.4 Å². The van der Waals surface area contributed by atoms with Crippen molar-refractivity contribution in [3.8, 4) is 0 Å². The number of unbranched alkanes of at least 4 members (excludes halogenated alkanes) is 1. The molecule has 0 saturated carbocycles. The third kappa shape index (κ3) is 5.40. The van der Waals surface area contributed by atoms with Crippen molar-refractivity contribution in [2.75, 3.05) is 6.61 Å². The summed E-state index contributed by atoms with van der Waals surface area (Å²) in [6, 6.07) is 1.13. The van der Waals surface area contributed by atoms with Gasteiger partial charge in [0.25, 0.3) is 0 Å². The molecule has 5 nitrogen and oxygen atoms in total. The average Bonchev–Trinajstić information content (AvgIpc) is 2.84. The monoisotopic (exact) mass is 285 g/mol. The molecule has 0 radical (unpaired) electrons. The first-order valence-corrected chi connectivity index (χ1v) is 7.13. The lowest BCUT2D eigenvalue weighted by molar-refractivity contribution is -0.139. The van der Waals surface area contributed by atoms with Gasteiger partial charge in [0.1, 0.15) is 10.9 Å². The number of aliphatic carboxylic acids is 1. The van der Waals surface area contributed by atoms with Crippen LogP contribution in [-0.2, 0) is 16.1 Å². The van der Waals surface area contributed by atoms with Gasteiger partial charge in [-0.15, -0.1) is 11.3 Å². The maximum Gasteiger partial charge on any atom is 0.348 e. The Kier molecular flexibility index (Phi) is 6.52. The first-order valence-electron chi connectivity index (χ1n) is 6.25. The molecular formula is C13H19NO4S. The first kappa shape index (κ1) is 15.7. The second-order valence-electron chi connectivity index (χ2n) is 4.25. The Morgan fingerprint density at radius 1 is 1.53 bits per heavy atom. The van der Waals surface area contributed by atoms with Gasteiger partial charge in [0.05, 0.1) is 6.61 Å². The normalized spacial score (nSPS) is 12.1. The Bertz CT molecular complexity index is 430. The van der Waals surface area contributed by atoms with Gasteiger partial charge in [0.2, 0.25) is 0 Å². The fraction of sp³-hybridized carbons (Fsp3) is 0.538. The number of nitrogens with one attached hydrogen (secondary N) is 1. The third-order valence-corrected chi connectivity index (χ3v) is 3.53. The van der Waals surface area contributed by atoms with Crippen LogP contribution in [0.5, 0.6) is 0 Å². The molecule has 0 spiro atoms. The van der Waals surface area contributed by atoms with E-state index in [2.05, 4.69) is 5.32 Å². The van der Waals surface area contributed by atoms with Gasteiger partial charge in [-0.2, -0.15) is 0 Å². The Morgan fingerprint density at radius 3 is 2.89 bits per heavy atom. The quantitative estimate of drug-likeness (QED) is 0.566. The smallest absolute Gasteiger partial charge is 0.348 e. The summed E-state index contributed by atoms with van der Waals surface area (Å²) in [5.41, 5.74) is 0.889. The molecule has 0 aromatic carbocycles. The summed E-state index contributed by atoms with van der Waals surface area (Å²) in [5.74, 6) is -1.20. The molecule has 1 heterocycles.